The summed E-state index contributed by atoms with van der Waals surface area (Å²) in [6, 6.07) is 12.9. The summed E-state index contributed by atoms with van der Waals surface area (Å²) in [7, 11) is 0. The van der Waals surface area contributed by atoms with Crippen LogP contribution in [0.5, 0.6) is 0 Å². The number of carbonyl (C=O) groups is 1. The maximum Gasteiger partial charge on any atom is 0.336 e. The molecule has 0 bridgehead atoms. The summed E-state index contributed by atoms with van der Waals surface area (Å²) in [6.45, 7) is 1.92. The zero-order valence-corrected chi connectivity index (χ0v) is 12.0. The number of hydrogen-bond donors (Lipinski definition) is 1. The first-order chi connectivity index (χ1) is 9.09. The van der Waals surface area contributed by atoms with Crippen LogP contribution in [0.15, 0.2) is 47.4 Å². The number of aromatic carboxylic acids is 1. The van der Waals surface area contributed by atoms with Crippen LogP contribution in [0.4, 0.5) is 0 Å². The second-order valence-electron chi connectivity index (χ2n) is 4.14. The standard InChI is InChI=1S/C15H13ClO2S/c1-10-5-4-7-12(15(17)18)14(10)19-9-11-6-2-3-8-13(11)16/h2-8H,9H2,1H3,(H,17,18). The highest BCUT2D eigenvalue weighted by Crippen LogP contribution is 2.31. The van der Waals surface area contributed by atoms with Crippen molar-refractivity contribution in [1.82, 2.24) is 0 Å². The summed E-state index contributed by atoms with van der Waals surface area (Å²) in [5.41, 5.74) is 2.32. The minimum Gasteiger partial charge on any atom is -0.478 e. The molecular formula is C15H13ClO2S. The van der Waals surface area contributed by atoms with Gasteiger partial charge in [-0.05, 0) is 30.2 Å². The predicted molar refractivity (Wildman–Crippen MR) is 79.2 cm³/mol. The second kappa shape index (κ2) is 6.13. The van der Waals surface area contributed by atoms with Gasteiger partial charge in [0.15, 0.2) is 0 Å². The number of carboxylic acids is 1. The molecule has 2 nitrogen and oxygen atoms in total. The van der Waals surface area contributed by atoms with E-state index in [1.165, 1.54) is 11.8 Å². The Morgan fingerprint density at radius 1 is 1.21 bits per heavy atom. The van der Waals surface area contributed by atoms with Gasteiger partial charge in [0.2, 0.25) is 0 Å². The van der Waals surface area contributed by atoms with Crippen molar-refractivity contribution in [1.29, 1.82) is 0 Å². The third kappa shape index (κ3) is 3.31. The number of rotatable bonds is 4. The molecule has 0 aliphatic heterocycles. The summed E-state index contributed by atoms with van der Waals surface area (Å²) in [4.78, 5) is 12.0. The maximum absolute atomic E-state index is 11.2. The van der Waals surface area contributed by atoms with Crippen molar-refractivity contribution in [2.75, 3.05) is 0 Å². The lowest BCUT2D eigenvalue weighted by Crippen LogP contribution is -2.00. The first kappa shape index (κ1) is 14.0. The first-order valence-corrected chi connectivity index (χ1v) is 7.15. The van der Waals surface area contributed by atoms with Crippen molar-refractivity contribution in [2.24, 2.45) is 0 Å². The van der Waals surface area contributed by atoms with Gasteiger partial charge in [-0.1, -0.05) is 41.9 Å². The molecule has 4 heteroatoms. The lowest BCUT2D eigenvalue weighted by molar-refractivity contribution is 0.0693. The van der Waals surface area contributed by atoms with E-state index in [9.17, 15) is 9.90 Å². The minimum absolute atomic E-state index is 0.344. The Morgan fingerprint density at radius 2 is 1.95 bits per heavy atom. The van der Waals surface area contributed by atoms with Gasteiger partial charge in [-0.15, -0.1) is 11.8 Å². The lowest BCUT2D eigenvalue weighted by Gasteiger charge is -2.10. The van der Waals surface area contributed by atoms with Gasteiger partial charge < -0.3 is 5.11 Å². The van der Waals surface area contributed by atoms with Crippen molar-refractivity contribution in [3.63, 3.8) is 0 Å². The van der Waals surface area contributed by atoms with Crippen molar-refractivity contribution in [3.8, 4) is 0 Å². The van der Waals surface area contributed by atoms with Gasteiger partial charge in [0.25, 0.3) is 0 Å². The minimum atomic E-state index is -0.898. The topological polar surface area (TPSA) is 37.3 Å². The van der Waals surface area contributed by atoms with Crippen LogP contribution >= 0.6 is 23.4 Å². The summed E-state index contributed by atoms with van der Waals surface area (Å²) >= 11 is 7.61. The fourth-order valence-corrected chi connectivity index (χ4v) is 3.22. The highest BCUT2D eigenvalue weighted by atomic mass is 35.5. The van der Waals surface area contributed by atoms with Gasteiger partial charge >= 0.3 is 5.97 Å². The molecule has 2 rings (SSSR count). The van der Waals surface area contributed by atoms with Crippen LogP contribution in [-0.2, 0) is 5.75 Å². The Labute approximate surface area is 121 Å². The van der Waals surface area contributed by atoms with Gasteiger partial charge in [-0.25, -0.2) is 4.79 Å². The Bertz CT molecular complexity index is 611. The smallest absolute Gasteiger partial charge is 0.336 e. The quantitative estimate of drug-likeness (QED) is 0.834. The largest absolute Gasteiger partial charge is 0.478 e. The molecule has 19 heavy (non-hydrogen) atoms. The number of thioether (sulfide) groups is 1. The first-order valence-electron chi connectivity index (χ1n) is 5.78. The Balaban J connectivity index is 2.25. The second-order valence-corrected chi connectivity index (χ2v) is 5.53. The molecule has 0 saturated carbocycles. The molecule has 2 aromatic rings. The van der Waals surface area contributed by atoms with E-state index in [-0.39, 0.29) is 0 Å². The molecule has 98 valence electrons. The van der Waals surface area contributed by atoms with Crippen molar-refractivity contribution < 1.29 is 9.90 Å². The lowest BCUT2D eigenvalue weighted by atomic mass is 10.1. The average molecular weight is 293 g/mol. The van der Waals surface area contributed by atoms with E-state index in [2.05, 4.69) is 0 Å². The molecule has 0 saturated heterocycles. The van der Waals surface area contributed by atoms with Gasteiger partial charge in [-0.3, -0.25) is 0 Å². The Morgan fingerprint density at radius 3 is 2.63 bits per heavy atom. The molecule has 2 aromatic carbocycles. The van der Waals surface area contributed by atoms with Gasteiger partial charge in [0.05, 0.1) is 5.56 Å². The van der Waals surface area contributed by atoms with Crippen molar-refractivity contribution in [3.05, 3.63) is 64.2 Å². The van der Waals surface area contributed by atoms with Crippen molar-refractivity contribution in [2.45, 2.75) is 17.6 Å². The number of hydrogen-bond acceptors (Lipinski definition) is 2. The number of carboxylic acid groups (broad SMARTS) is 1. The summed E-state index contributed by atoms with van der Waals surface area (Å²) in [6.07, 6.45) is 0. The fraction of sp³-hybridized carbons (Fsp3) is 0.133. The number of aryl methyl sites for hydroxylation is 1. The SMILES string of the molecule is Cc1cccc(C(=O)O)c1SCc1ccccc1Cl. The summed E-state index contributed by atoms with van der Waals surface area (Å²) in [5, 5.41) is 9.91. The van der Waals surface area contributed by atoms with Crippen LogP contribution < -0.4 is 0 Å². The van der Waals surface area contributed by atoms with E-state index in [4.69, 9.17) is 11.6 Å². The van der Waals surface area contributed by atoms with Crippen LogP contribution in [0.2, 0.25) is 5.02 Å². The van der Waals surface area contributed by atoms with Gasteiger partial charge in [-0.2, -0.15) is 0 Å². The molecule has 0 fully saturated rings. The molecule has 0 heterocycles. The zero-order chi connectivity index (χ0) is 13.8. The molecule has 0 radical (unpaired) electrons. The van der Waals surface area contributed by atoms with Crippen LogP contribution in [0.25, 0.3) is 0 Å². The molecule has 0 amide bonds. The van der Waals surface area contributed by atoms with E-state index in [0.29, 0.717) is 16.3 Å². The number of benzene rings is 2. The van der Waals surface area contributed by atoms with Crippen LogP contribution in [-0.4, -0.2) is 11.1 Å². The maximum atomic E-state index is 11.2. The van der Waals surface area contributed by atoms with Crippen LogP contribution in [0.3, 0.4) is 0 Å². The molecule has 1 N–H and O–H groups in total. The predicted octanol–water partition coefficient (Wildman–Crippen LogP) is 4.64. The van der Waals surface area contributed by atoms with Crippen molar-refractivity contribution >= 4 is 29.3 Å². The van der Waals surface area contributed by atoms with E-state index < -0.39 is 5.97 Å². The molecule has 0 unspecified atom stereocenters. The number of halogens is 1. The highest BCUT2D eigenvalue weighted by Gasteiger charge is 2.12. The average Bonchev–Trinajstić information content (AvgIpc) is 2.38. The Kier molecular flexibility index (Phi) is 4.51. The highest BCUT2D eigenvalue weighted by molar-refractivity contribution is 7.98. The zero-order valence-electron chi connectivity index (χ0n) is 10.4. The molecule has 0 spiro atoms. The molecule has 0 aliphatic rings. The summed E-state index contributed by atoms with van der Waals surface area (Å²) < 4.78 is 0. The normalized spacial score (nSPS) is 10.4. The van der Waals surface area contributed by atoms with Gasteiger partial charge in [0, 0.05) is 15.7 Å². The van der Waals surface area contributed by atoms with E-state index in [1.807, 2.05) is 37.3 Å². The van der Waals surface area contributed by atoms with Crippen LogP contribution in [0, 0.1) is 6.92 Å². The molecule has 0 aliphatic carbocycles. The van der Waals surface area contributed by atoms with E-state index in [1.54, 1.807) is 12.1 Å². The fourth-order valence-electron chi connectivity index (χ4n) is 1.78. The Hall–Kier alpha value is -1.45. The molecular weight excluding hydrogens is 280 g/mol. The monoisotopic (exact) mass is 292 g/mol. The van der Waals surface area contributed by atoms with E-state index >= 15 is 0 Å². The van der Waals surface area contributed by atoms with E-state index in [0.717, 1.165) is 16.0 Å². The molecule has 0 atom stereocenters. The van der Waals surface area contributed by atoms with Crippen LogP contribution in [0.1, 0.15) is 21.5 Å². The summed E-state index contributed by atoms with van der Waals surface area (Å²) in [5.74, 6) is -0.240. The van der Waals surface area contributed by atoms with Gasteiger partial charge in [0.1, 0.15) is 0 Å². The third-order valence-corrected chi connectivity index (χ3v) is 4.43. The molecule has 0 aromatic heterocycles. The third-order valence-electron chi connectivity index (χ3n) is 2.77.